The van der Waals surface area contributed by atoms with Crippen LogP contribution in [0.1, 0.15) is 5.56 Å². The van der Waals surface area contributed by atoms with Crippen LogP contribution < -0.4 is 5.32 Å². The second-order valence-electron chi connectivity index (χ2n) is 2.49. The molecule has 0 fully saturated rings. The first-order valence-corrected chi connectivity index (χ1v) is 3.98. The second-order valence-corrected chi connectivity index (χ2v) is 2.49. The van der Waals surface area contributed by atoms with Crippen LogP contribution in [0.15, 0.2) is 18.3 Å². The van der Waals surface area contributed by atoms with E-state index in [0.29, 0.717) is 12.1 Å². The number of nitro groups is 1. The molecule has 0 saturated heterocycles. The maximum atomic E-state index is 10.3. The molecule has 5 nitrogen and oxygen atoms in total. The molecule has 1 rings (SSSR count). The predicted octanol–water partition coefficient (Wildman–Crippen LogP) is 0.561. The minimum Gasteiger partial charge on any atom is -0.358 e. The van der Waals surface area contributed by atoms with Crippen molar-refractivity contribution in [2.45, 2.75) is 0 Å². The van der Waals surface area contributed by atoms with Gasteiger partial charge in [-0.2, -0.15) is 0 Å². The van der Waals surface area contributed by atoms with Crippen molar-refractivity contribution in [3.05, 3.63) is 34.0 Å². The maximum absolute atomic E-state index is 10.3. The minimum atomic E-state index is -0.537. The summed E-state index contributed by atoms with van der Waals surface area (Å²) in [5.74, 6) is 5.48. The Bertz CT molecular complexity index is 375. The Morgan fingerprint density at radius 2 is 2.43 bits per heavy atom. The van der Waals surface area contributed by atoms with Gasteiger partial charge in [-0.15, -0.1) is 0 Å². The van der Waals surface area contributed by atoms with Crippen molar-refractivity contribution in [3.8, 4) is 11.8 Å². The molecule has 0 saturated carbocycles. The monoisotopic (exact) mass is 191 g/mol. The molecule has 0 aliphatic carbocycles. The van der Waals surface area contributed by atoms with Crippen LogP contribution in [0.3, 0.4) is 0 Å². The summed E-state index contributed by atoms with van der Waals surface area (Å²) in [4.78, 5) is 13.4. The largest absolute Gasteiger partial charge is 0.363 e. The zero-order valence-electron chi connectivity index (χ0n) is 7.65. The SMILES string of the molecule is CNCC#Cc1ccc([N+](=O)[O-])nc1. The Hall–Kier alpha value is -1.93. The molecule has 0 unspecified atom stereocenters. The minimum absolute atomic E-state index is 0.163. The Morgan fingerprint density at radius 1 is 1.64 bits per heavy atom. The standard InChI is InChI=1S/C9H9N3O2/c1-10-6-2-3-8-4-5-9(11-7-8)12(13)14/h4-5,7,10H,6H2,1H3. The van der Waals surface area contributed by atoms with E-state index in [2.05, 4.69) is 22.1 Å². The maximum Gasteiger partial charge on any atom is 0.363 e. The molecule has 1 aromatic rings. The molecule has 0 bridgehead atoms. The summed E-state index contributed by atoms with van der Waals surface area (Å²) in [7, 11) is 1.79. The number of nitrogens with zero attached hydrogens (tertiary/aromatic N) is 2. The average Bonchev–Trinajstić information content (AvgIpc) is 2.19. The Morgan fingerprint density at radius 3 is 2.93 bits per heavy atom. The van der Waals surface area contributed by atoms with Crippen LogP contribution in [0, 0.1) is 22.0 Å². The highest BCUT2D eigenvalue weighted by atomic mass is 16.6. The van der Waals surface area contributed by atoms with Crippen molar-refractivity contribution in [1.29, 1.82) is 0 Å². The molecular weight excluding hydrogens is 182 g/mol. The van der Waals surface area contributed by atoms with Crippen LogP contribution in [0.2, 0.25) is 0 Å². The highest BCUT2D eigenvalue weighted by Gasteiger charge is 2.04. The molecule has 0 amide bonds. The number of hydrogen-bond donors (Lipinski definition) is 1. The summed E-state index contributed by atoms with van der Waals surface area (Å²) in [6, 6.07) is 2.91. The van der Waals surface area contributed by atoms with E-state index in [1.54, 1.807) is 13.1 Å². The van der Waals surface area contributed by atoms with Gasteiger partial charge in [-0.05, 0) is 23.0 Å². The number of pyridine rings is 1. The fourth-order valence-electron chi connectivity index (χ4n) is 0.803. The van der Waals surface area contributed by atoms with Crippen molar-refractivity contribution in [3.63, 3.8) is 0 Å². The lowest BCUT2D eigenvalue weighted by molar-refractivity contribution is -0.389. The third-order valence-electron chi connectivity index (χ3n) is 1.43. The van der Waals surface area contributed by atoms with Gasteiger partial charge in [0.2, 0.25) is 0 Å². The Kier molecular flexibility index (Phi) is 3.58. The van der Waals surface area contributed by atoms with Gasteiger partial charge in [-0.1, -0.05) is 11.8 Å². The van der Waals surface area contributed by atoms with Gasteiger partial charge in [0.05, 0.1) is 12.1 Å². The lowest BCUT2D eigenvalue weighted by atomic mass is 10.3. The van der Waals surface area contributed by atoms with E-state index in [4.69, 9.17) is 0 Å². The highest BCUT2D eigenvalue weighted by molar-refractivity contribution is 5.35. The second kappa shape index (κ2) is 4.94. The van der Waals surface area contributed by atoms with Crippen molar-refractivity contribution < 1.29 is 4.92 Å². The van der Waals surface area contributed by atoms with Gasteiger partial charge in [0.15, 0.2) is 6.20 Å². The molecule has 0 radical (unpaired) electrons. The molecule has 14 heavy (non-hydrogen) atoms. The Balaban J connectivity index is 2.75. The first-order valence-electron chi connectivity index (χ1n) is 3.98. The van der Waals surface area contributed by atoms with E-state index in [-0.39, 0.29) is 5.82 Å². The van der Waals surface area contributed by atoms with Gasteiger partial charge in [0, 0.05) is 6.07 Å². The highest BCUT2D eigenvalue weighted by Crippen LogP contribution is 2.05. The average molecular weight is 191 g/mol. The van der Waals surface area contributed by atoms with Crippen molar-refractivity contribution in [1.82, 2.24) is 10.3 Å². The number of nitrogens with one attached hydrogen (secondary N) is 1. The molecule has 0 aliphatic rings. The normalized spacial score (nSPS) is 8.93. The van der Waals surface area contributed by atoms with Gasteiger partial charge < -0.3 is 15.4 Å². The molecule has 1 N–H and O–H groups in total. The van der Waals surface area contributed by atoms with Crippen LogP contribution in [-0.2, 0) is 0 Å². The Labute approximate surface area is 81.3 Å². The van der Waals surface area contributed by atoms with Crippen LogP contribution in [0.25, 0.3) is 0 Å². The van der Waals surface area contributed by atoms with Crippen molar-refractivity contribution in [2.75, 3.05) is 13.6 Å². The molecule has 5 heteroatoms. The first kappa shape index (κ1) is 10.2. The van der Waals surface area contributed by atoms with Gasteiger partial charge >= 0.3 is 5.82 Å². The fourth-order valence-corrected chi connectivity index (χ4v) is 0.803. The first-order chi connectivity index (χ1) is 6.74. The smallest absolute Gasteiger partial charge is 0.358 e. The van der Waals surface area contributed by atoms with E-state index in [1.807, 2.05) is 0 Å². The molecule has 0 spiro atoms. The summed E-state index contributed by atoms with van der Waals surface area (Å²) < 4.78 is 0. The molecule has 1 heterocycles. The molecule has 0 atom stereocenters. The molecule has 1 aromatic heterocycles. The van der Waals surface area contributed by atoms with Crippen LogP contribution in [-0.4, -0.2) is 23.5 Å². The van der Waals surface area contributed by atoms with Crippen molar-refractivity contribution in [2.24, 2.45) is 0 Å². The lowest BCUT2D eigenvalue weighted by Crippen LogP contribution is -2.04. The van der Waals surface area contributed by atoms with E-state index in [0.717, 1.165) is 0 Å². The quantitative estimate of drug-likeness (QED) is 0.421. The number of rotatable bonds is 2. The molecule has 0 aromatic carbocycles. The summed E-state index contributed by atoms with van der Waals surface area (Å²) in [5, 5.41) is 13.1. The van der Waals surface area contributed by atoms with E-state index >= 15 is 0 Å². The van der Waals surface area contributed by atoms with E-state index < -0.39 is 4.92 Å². The van der Waals surface area contributed by atoms with Gasteiger partial charge in [-0.3, -0.25) is 0 Å². The zero-order valence-corrected chi connectivity index (χ0v) is 7.65. The third kappa shape index (κ3) is 2.84. The van der Waals surface area contributed by atoms with Crippen molar-refractivity contribution >= 4 is 5.82 Å². The van der Waals surface area contributed by atoms with Gasteiger partial charge in [0.1, 0.15) is 0 Å². The summed E-state index contributed by atoms with van der Waals surface area (Å²) >= 11 is 0. The summed E-state index contributed by atoms with van der Waals surface area (Å²) in [5.41, 5.74) is 0.672. The summed E-state index contributed by atoms with van der Waals surface area (Å²) in [6.45, 7) is 0.580. The number of aromatic nitrogens is 1. The fraction of sp³-hybridized carbons (Fsp3) is 0.222. The van der Waals surface area contributed by atoms with E-state index in [1.165, 1.54) is 12.3 Å². The topological polar surface area (TPSA) is 68.1 Å². The van der Waals surface area contributed by atoms with Gasteiger partial charge in [-0.25, -0.2) is 0 Å². The molecule has 0 aliphatic heterocycles. The zero-order chi connectivity index (χ0) is 10.4. The number of hydrogen-bond acceptors (Lipinski definition) is 4. The lowest BCUT2D eigenvalue weighted by Gasteiger charge is -1.90. The predicted molar refractivity (Wildman–Crippen MR) is 51.7 cm³/mol. The van der Waals surface area contributed by atoms with Gasteiger partial charge in [0.25, 0.3) is 0 Å². The summed E-state index contributed by atoms with van der Waals surface area (Å²) in [6.07, 6.45) is 1.39. The molecular formula is C9H9N3O2. The van der Waals surface area contributed by atoms with E-state index in [9.17, 15) is 10.1 Å². The van der Waals surface area contributed by atoms with Crippen LogP contribution >= 0.6 is 0 Å². The third-order valence-corrected chi connectivity index (χ3v) is 1.43. The van der Waals surface area contributed by atoms with Crippen LogP contribution in [0.5, 0.6) is 0 Å². The van der Waals surface area contributed by atoms with Crippen LogP contribution in [0.4, 0.5) is 5.82 Å². The molecule has 72 valence electrons.